The van der Waals surface area contributed by atoms with Gasteiger partial charge in [-0.3, -0.25) is 0 Å². The molecule has 0 aliphatic rings. The van der Waals surface area contributed by atoms with Crippen LogP contribution in [0.2, 0.25) is 0 Å². The van der Waals surface area contributed by atoms with Crippen molar-refractivity contribution in [3.8, 4) is 11.8 Å². The molecule has 2 heteroatoms. The van der Waals surface area contributed by atoms with Crippen LogP contribution in [-0.4, -0.2) is 11.7 Å². The number of aliphatic hydroxyl groups is 1. The van der Waals surface area contributed by atoms with Gasteiger partial charge in [-0.2, -0.15) is 0 Å². The van der Waals surface area contributed by atoms with E-state index in [0.717, 1.165) is 11.1 Å². The van der Waals surface area contributed by atoms with E-state index in [4.69, 9.17) is 5.73 Å². The molecule has 0 bridgehead atoms. The third-order valence-electron chi connectivity index (χ3n) is 3.72. The van der Waals surface area contributed by atoms with Crippen molar-refractivity contribution in [1.29, 1.82) is 0 Å². The van der Waals surface area contributed by atoms with Gasteiger partial charge in [0.1, 0.15) is 0 Å². The largest absolute Gasteiger partial charge is 0.388 e. The summed E-state index contributed by atoms with van der Waals surface area (Å²) in [6.45, 7) is 4.66. The third-order valence-corrected chi connectivity index (χ3v) is 3.72. The Labute approximate surface area is 133 Å². The molecule has 0 aliphatic carbocycles. The fourth-order valence-electron chi connectivity index (χ4n) is 2.28. The van der Waals surface area contributed by atoms with Gasteiger partial charge in [-0.15, -0.1) is 0 Å². The van der Waals surface area contributed by atoms with Crippen LogP contribution < -0.4 is 5.73 Å². The van der Waals surface area contributed by atoms with Crippen molar-refractivity contribution in [2.24, 2.45) is 5.73 Å². The second-order valence-electron chi connectivity index (χ2n) is 5.62. The standard InChI is InChI=1S/C20H23NO/c1-15-6-10-18(11-7-15)16(2)8-9-17-4-3-5-19(14-17)20(22)12-13-21/h3-7,10-11,14,16,20,22H,12-13,21H2,1-2H3. The maximum Gasteiger partial charge on any atom is 0.0802 e. The smallest absolute Gasteiger partial charge is 0.0802 e. The monoisotopic (exact) mass is 293 g/mol. The Morgan fingerprint density at radius 2 is 1.82 bits per heavy atom. The van der Waals surface area contributed by atoms with Crippen molar-refractivity contribution in [2.45, 2.75) is 32.3 Å². The van der Waals surface area contributed by atoms with E-state index in [1.54, 1.807) is 0 Å². The van der Waals surface area contributed by atoms with Crippen LogP contribution in [0.5, 0.6) is 0 Å². The molecule has 0 fully saturated rings. The van der Waals surface area contributed by atoms with E-state index in [0.29, 0.717) is 13.0 Å². The van der Waals surface area contributed by atoms with E-state index in [2.05, 4.69) is 50.0 Å². The number of aryl methyl sites for hydroxylation is 1. The van der Waals surface area contributed by atoms with Crippen molar-refractivity contribution in [2.75, 3.05) is 6.54 Å². The van der Waals surface area contributed by atoms with Crippen LogP contribution >= 0.6 is 0 Å². The Morgan fingerprint density at radius 1 is 1.09 bits per heavy atom. The van der Waals surface area contributed by atoms with Gasteiger partial charge in [0, 0.05) is 11.5 Å². The molecule has 2 rings (SSSR count). The highest BCUT2D eigenvalue weighted by Crippen LogP contribution is 2.18. The topological polar surface area (TPSA) is 46.2 Å². The van der Waals surface area contributed by atoms with Crippen molar-refractivity contribution in [3.05, 3.63) is 70.8 Å². The first-order valence-electron chi connectivity index (χ1n) is 7.66. The van der Waals surface area contributed by atoms with E-state index in [-0.39, 0.29) is 5.92 Å². The summed E-state index contributed by atoms with van der Waals surface area (Å²) in [5.74, 6) is 6.66. The molecule has 0 radical (unpaired) electrons. The summed E-state index contributed by atoms with van der Waals surface area (Å²) >= 11 is 0. The molecule has 2 aromatic carbocycles. The van der Waals surface area contributed by atoms with E-state index >= 15 is 0 Å². The molecule has 22 heavy (non-hydrogen) atoms. The Bertz CT molecular complexity index is 664. The Hall–Kier alpha value is -2.08. The number of nitrogens with two attached hydrogens (primary N) is 1. The summed E-state index contributed by atoms with van der Waals surface area (Å²) in [6.07, 6.45) is 0.0534. The number of aliphatic hydroxyl groups excluding tert-OH is 1. The van der Waals surface area contributed by atoms with Crippen molar-refractivity contribution in [1.82, 2.24) is 0 Å². The molecule has 0 spiro atoms. The van der Waals surface area contributed by atoms with Crippen molar-refractivity contribution < 1.29 is 5.11 Å². The first kappa shape index (κ1) is 16.3. The molecule has 0 saturated carbocycles. The second-order valence-corrected chi connectivity index (χ2v) is 5.62. The van der Waals surface area contributed by atoms with Gasteiger partial charge < -0.3 is 10.8 Å². The van der Waals surface area contributed by atoms with Gasteiger partial charge in [0.2, 0.25) is 0 Å². The van der Waals surface area contributed by atoms with E-state index in [9.17, 15) is 5.11 Å². The lowest BCUT2D eigenvalue weighted by Crippen LogP contribution is -2.06. The lowest BCUT2D eigenvalue weighted by atomic mass is 9.99. The highest BCUT2D eigenvalue weighted by molar-refractivity contribution is 5.40. The second kappa shape index (κ2) is 7.79. The van der Waals surface area contributed by atoms with Crippen LogP contribution in [0.15, 0.2) is 48.5 Å². The van der Waals surface area contributed by atoms with Crippen LogP contribution in [-0.2, 0) is 0 Å². The number of hydrogen-bond acceptors (Lipinski definition) is 2. The maximum atomic E-state index is 10.00. The predicted octanol–water partition coefficient (Wildman–Crippen LogP) is 3.53. The Kier molecular flexibility index (Phi) is 5.77. The van der Waals surface area contributed by atoms with E-state index < -0.39 is 6.10 Å². The zero-order chi connectivity index (χ0) is 15.9. The highest BCUT2D eigenvalue weighted by Gasteiger charge is 2.06. The Morgan fingerprint density at radius 3 is 2.50 bits per heavy atom. The minimum atomic E-state index is -0.513. The van der Waals surface area contributed by atoms with Gasteiger partial charge in [0.15, 0.2) is 0 Å². The van der Waals surface area contributed by atoms with Crippen LogP contribution in [0.1, 0.15) is 47.6 Å². The lowest BCUT2D eigenvalue weighted by Gasteiger charge is -2.09. The molecular formula is C20H23NO. The molecule has 2 aromatic rings. The van der Waals surface area contributed by atoms with Gasteiger partial charge >= 0.3 is 0 Å². The van der Waals surface area contributed by atoms with Crippen LogP contribution in [0.4, 0.5) is 0 Å². The van der Waals surface area contributed by atoms with Gasteiger partial charge in [-0.1, -0.05) is 53.8 Å². The molecule has 0 heterocycles. The molecular weight excluding hydrogens is 270 g/mol. The number of hydrogen-bond donors (Lipinski definition) is 2. The zero-order valence-corrected chi connectivity index (χ0v) is 13.2. The quantitative estimate of drug-likeness (QED) is 0.847. The fourth-order valence-corrected chi connectivity index (χ4v) is 2.28. The summed E-state index contributed by atoms with van der Waals surface area (Å²) < 4.78 is 0. The van der Waals surface area contributed by atoms with E-state index in [1.165, 1.54) is 11.1 Å². The van der Waals surface area contributed by atoms with Gasteiger partial charge in [-0.05, 0) is 50.1 Å². The average molecular weight is 293 g/mol. The molecule has 114 valence electrons. The third kappa shape index (κ3) is 4.46. The highest BCUT2D eigenvalue weighted by atomic mass is 16.3. The van der Waals surface area contributed by atoms with Gasteiger partial charge in [0.25, 0.3) is 0 Å². The maximum absolute atomic E-state index is 10.00. The normalized spacial score (nSPS) is 13.1. The molecule has 0 aromatic heterocycles. The van der Waals surface area contributed by atoms with Crippen LogP contribution in [0.3, 0.4) is 0 Å². The fraction of sp³-hybridized carbons (Fsp3) is 0.300. The summed E-state index contributed by atoms with van der Waals surface area (Å²) in [5, 5.41) is 10.00. The summed E-state index contributed by atoms with van der Waals surface area (Å²) in [6, 6.07) is 16.2. The molecule has 3 N–H and O–H groups in total. The SMILES string of the molecule is Cc1ccc(C(C)C#Cc2cccc(C(O)CCN)c2)cc1. The summed E-state index contributed by atoms with van der Waals surface area (Å²) in [5.41, 5.74) is 9.76. The first-order chi connectivity index (χ1) is 10.6. The molecule has 0 amide bonds. The first-order valence-corrected chi connectivity index (χ1v) is 7.66. The lowest BCUT2D eigenvalue weighted by molar-refractivity contribution is 0.170. The zero-order valence-electron chi connectivity index (χ0n) is 13.2. The average Bonchev–Trinajstić information content (AvgIpc) is 2.54. The van der Waals surface area contributed by atoms with Gasteiger partial charge in [0.05, 0.1) is 6.10 Å². The molecule has 0 aliphatic heterocycles. The predicted molar refractivity (Wildman–Crippen MR) is 91.5 cm³/mol. The van der Waals surface area contributed by atoms with Crippen molar-refractivity contribution in [3.63, 3.8) is 0 Å². The van der Waals surface area contributed by atoms with Crippen molar-refractivity contribution >= 4 is 0 Å². The number of rotatable bonds is 4. The minimum Gasteiger partial charge on any atom is -0.388 e. The molecule has 0 saturated heterocycles. The summed E-state index contributed by atoms with van der Waals surface area (Å²) in [4.78, 5) is 0. The van der Waals surface area contributed by atoms with Crippen LogP contribution in [0.25, 0.3) is 0 Å². The number of benzene rings is 2. The Balaban J connectivity index is 2.14. The molecule has 2 unspecified atom stereocenters. The minimum absolute atomic E-state index is 0.179. The van der Waals surface area contributed by atoms with Gasteiger partial charge in [-0.25, -0.2) is 0 Å². The van der Waals surface area contributed by atoms with Crippen LogP contribution in [0, 0.1) is 18.8 Å². The molecule has 2 nitrogen and oxygen atoms in total. The summed E-state index contributed by atoms with van der Waals surface area (Å²) in [7, 11) is 0. The van der Waals surface area contributed by atoms with E-state index in [1.807, 2.05) is 24.3 Å². The molecule has 2 atom stereocenters.